The lowest BCUT2D eigenvalue weighted by molar-refractivity contribution is -0.131. The van der Waals surface area contributed by atoms with Gasteiger partial charge in [0.2, 0.25) is 11.8 Å². The van der Waals surface area contributed by atoms with Gasteiger partial charge in [-0.25, -0.2) is 0 Å². The summed E-state index contributed by atoms with van der Waals surface area (Å²) >= 11 is 0. The van der Waals surface area contributed by atoms with Crippen molar-refractivity contribution >= 4 is 11.8 Å². The second-order valence-corrected chi connectivity index (χ2v) is 6.17. The average molecular weight is 296 g/mol. The number of ether oxygens (including phenoxy) is 2. The van der Waals surface area contributed by atoms with Crippen molar-refractivity contribution in [3.8, 4) is 0 Å². The minimum absolute atomic E-state index is 0.00610. The number of amides is 2. The van der Waals surface area contributed by atoms with Crippen molar-refractivity contribution in [1.82, 2.24) is 10.2 Å². The van der Waals surface area contributed by atoms with E-state index < -0.39 is 0 Å². The molecule has 3 saturated heterocycles. The second kappa shape index (κ2) is 6.75. The van der Waals surface area contributed by atoms with Gasteiger partial charge in [0, 0.05) is 45.4 Å². The van der Waals surface area contributed by atoms with E-state index in [4.69, 9.17) is 9.47 Å². The summed E-state index contributed by atoms with van der Waals surface area (Å²) in [5.74, 6) is -0.102. The summed E-state index contributed by atoms with van der Waals surface area (Å²) in [6, 6.07) is 0.252. The van der Waals surface area contributed by atoms with Gasteiger partial charge in [0.25, 0.3) is 0 Å². The Kier molecular flexibility index (Phi) is 4.75. The first-order valence-corrected chi connectivity index (χ1v) is 8.00. The van der Waals surface area contributed by atoms with Crippen LogP contribution >= 0.6 is 0 Å². The number of carbonyl (C=O) groups excluding carboxylic acids is 2. The normalized spacial score (nSPS) is 30.9. The molecule has 0 spiro atoms. The number of likely N-dealkylation sites (tertiary alicyclic amines) is 1. The Morgan fingerprint density at radius 1 is 1.24 bits per heavy atom. The summed E-state index contributed by atoms with van der Waals surface area (Å²) in [4.78, 5) is 26.2. The maximum Gasteiger partial charge on any atom is 0.225 e. The zero-order valence-corrected chi connectivity index (χ0v) is 12.4. The Morgan fingerprint density at radius 3 is 2.76 bits per heavy atom. The quantitative estimate of drug-likeness (QED) is 0.811. The predicted molar refractivity (Wildman–Crippen MR) is 75.6 cm³/mol. The molecule has 0 aliphatic carbocycles. The van der Waals surface area contributed by atoms with E-state index in [0.29, 0.717) is 32.7 Å². The van der Waals surface area contributed by atoms with Crippen molar-refractivity contribution in [1.29, 1.82) is 0 Å². The lowest BCUT2D eigenvalue weighted by Gasteiger charge is -2.31. The van der Waals surface area contributed by atoms with Gasteiger partial charge in [0.15, 0.2) is 0 Å². The molecular weight excluding hydrogens is 272 g/mol. The van der Waals surface area contributed by atoms with Crippen LogP contribution in [0.25, 0.3) is 0 Å². The summed E-state index contributed by atoms with van der Waals surface area (Å²) in [6.45, 7) is 3.34. The van der Waals surface area contributed by atoms with Gasteiger partial charge in [-0.15, -0.1) is 0 Å². The third-order valence-electron chi connectivity index (χ3n) is 4.69. The molecular formula is C15H24N2O4. The Morgan fingerprint density at radius 2 is 2.05 bits per heavy atom. The van der Waals surface area contributed by atoms with Crippen LogP contribution < -0.4 is 5.32 Å². The van der Waals surface area contributed by atoms with Crippen LogP contribution in [0.1, 0.15) is 32.1 Å². The van der Waals surface area contributed by atoms with E-state index in [-0.39, 0.29) is 29.9 Å². The lowest BCUT2D eigenvalue weighted by atomic mass is 10.1. The van der Waals surface area contributed by atoms with Crippen LogP contribution in [0.4, 0.5) is 0 Å². The maximum absolute atomic E-state index is 12.2. The Balaban J connectivity index is 1.47. The van der Waals surface area contributed by atoms with Gasteiger partial charge in [-0.3, -0.25) is 9.59 Å². The van der Waals surface area contributed by atoms with Crippen molar-refractivity contribution in [2.75, 3.05) is 32.9 Å². The summed E-state index contributed by atoms with van der Waals surface area (Å²) in [5, 5.41) is 2.94. The molecule has 0 saturated carbocycles. The van der Waals surface area contributed by atoms with Crippen LogP contribution in [0.2, 0.25) is 0 Å². The van der Waals surface area contributed by atoms with Gasteiger partial charge in [-0.2, -0.15) is 0 Å². The first-order chi connectivity index (χ1) is 10.2. The molecule has 0 bridgehead atoms. The summed E-state index contributed by atoms with van der Waals surface area (Å²) in [7, 11) is 0. The monoisotopic (exact) mass is 296 g/mol. The fourth-order valence-electron chi connectivity index (χ4n) is 3.42. The summed E-state index contributed by atoms with van der Waals surface area (Å²) in [6.07, 6.45) is 4.34. The van der Waals surface area contributed by atoms with Crippen molar-refractivity contribution in [3.05, 3.63) is 0 Å². The van der Waals surface area contributed by atoms with E-state index >= 15 is 0 Å². The van der Waals surface area contributed by atoms with Crippen molar-refractivity contribution in [2.24, 2.45) is 5.92 Å². The third kappa shape index (κ3) is 3.55. The fraction of sp³-hybridized carbons (Fsp3) is 0.867. The second-order valence-electron chi connectivity index (χ2n) is 6.17. The highest BCUT2D eigenvalue weighted by Gasteiger charge is 2.38. The SMILES string of the molecule is O=C(NCC1CCCO1)C1CC(=O)N(C2CCOCC2)C1. The van der Waals surface area contributed by atoms with Gasteiger partial charge in [-0.1, -0.05) is 0 Å². The molecule has 3 rings (SSSR count). The van der Waals surface area contributed by atoms with Crippen LogP contribution in [0, 0.1) is 5.92 Å². The first kappa shape index (κ1) is 14.8. The van der Waals surface area contributed by atoms with Crippen LogP contribution in [0.5, 0.6) is 0 Å². The van der Waals surface area contributed by atoms with Crippen LogP contribution in [0.3, 0.4) is 0 Å². The van der Waals surface area contributed by atoms with Gasteiger partial charge < -0.3 is 19.7 Å². The van der Waals surface area contributed by atoms with E-state index in [0.717, 1.165) is 32.3 Å². The summed E-state index contributed by atoms with van der Waals surface area (Å²) in [5.41, 5.74) is 0. The summed E-state index contributed by atoms with van der Waals surface area (Å²) < 4.78 is 10.8. The highest BCUT2D eigenvalue weighted by molar-refractivity contribution is 5.89. The molecule has 0 radical (unpaired) electrons. The molecule has 2 atom stereocenters. The van der Waals surface area contributed by atoms with Crippen LogP contribution in [-0.2, 0) is 19.1 Å². The molecule has 3 fully saturated rings. The maximum atomic E-state index is 12.2. The number of rotatable bonds is 4. The molecule has 3 aliphatic rings. The molecule has 0 aromatic rings. The Bertz CT molecular complexity index is 389. The number of nitrogens with one attached hydrogen (secondary N) is 1. The predicted octanol–water partition coefficient (Wildman–Crippen LogP) is 0.309. The fourth-order valence-corrected chi connectivity index (χ4v) is 3.42. The van der Waals surface area contributed by atoms with Gasteiger partial charge >= 0.3 is 0 Å². The standard InChI is InChI=1S/C15H24N2O4/c18-14-8-11(10-17(14)12-3-6-20-7-4-12)15(19)16-9-13-2-1-5-21-13/h11-13H,1-10H2,(H,16,19). The minimum Gasteiger partial charge on any atom is -0.381 e. The number of hydrogen-bond acceptors (Lipinski definition) is 4. The highest BCUT2D eigenvalue weighted by atomic mass is 16.5. The van der Waals surface area contributed by atoms with E-state index in [9.17, 15) is 9.59 Å². The minimum atomic E-state index is -0.207. The number of nitrogens with zero attached hydrogens (tertiary/aromatic N) is 1. The van der Waals surface area contributed by atoms with Gasteiger partial charge in [0.1, 0.15) is 0 Å². The largest absolute Gasteiger partial charge is 0.381 e. The molecule has 118 valence electrons. The topological polar surface area (TPSA) is 67.9 Å². The molecule has 1 N–H and O–H groups in total. The van der Waals surface area contributed by atoms with Crippen LogP contribution in [-0.4, -0.2) is 61.8 Å². The van der Waals surface area contributed by atoms with Crippen molar-refractivity contribution in [2.45, 2.75) is 44.2 Å². The van der Waals surface area contributed by atoms with E-state index in [1.54, 1.807) is 0 Å². The molecule has 0 aromatic heterocycles. The van der Waals surface area contributed by atoms with E-state index in [1.165, 1.54) is 0 Å². The van der Waals surface area contributed by atoms with Crippen molar-refractivity contribution in [3.63, 3.8) is 0 Å². The molecule has 0 aromatic carbocycles. The molecule has 3 aliphatic heterocycles. The zero-order chi connectivity index (χ0) is 14.7. The Hall–Kier alpha value is -1.14. The molecule has 3 heterocycles. The molecule has 6 heteroatoms. The molecule has 21 heavy (non-hydrogen) atoms. The lowest BCUT2D eigenvalue weighted by Crippen LogP contribution is -2.42. The smallest absolute Gasteiger partial charge is 0.225 e. The number of hydrogen-bond donors (Lipinski definition) is 1. The molecule has 2 unspecified atom stereocenters. The van der Waals surface area contributed by atoms with Crippen LogP contribution in [0.15, 0.2) is 0 Å². The van der Waals surface area contributed by atoms with Crippen molar-refractivity contribution < 1.29 is 19.1 Å². The Labute approximate surface area is 125 Å². The molecule has 6 nitrogen and oxygen atoms in total. The van der Waals surface area contributed by atoms with E-state index in [2.05, 4.69) is 5.32 Å². The zero-order valence-electron chi connectivity index (χ0n) is 12.4. The average Bonchev–Trinajstić information content (AvgIpc) is 3.15. The number of carbonyl (C=O) groups is 2. The highest BCUT2D eigenvalue weighted by Crippen LogP contribution is 2.25. The first-order valence-electron chi connectivity index (χ1n) is 8.00. The van der Waals surface area contributed by atoms with E-state index in [1.807, 2.05) is 4.90 Å². The third-order valence-corrected chi connectivity index (χ3v) is 4.69. The molecule has 2 amide bonds. The van der Waals surface area contributed by atoms with Gasteiger partial charge in [0.05, 0.1) is 12.0 Å². The van der Waals surface area contributed by atoms with Gasteiger partial charge in [-0.05, 0) is 25.7 Å².